The molecule has 23 heavy (non-hydrogen) atoms. The molecule has 1 fully saturated rings. The number of nitrogens with one attached hydrogen (secondary N) is 1. The number of nitrogens with zero attached hydrogens (tertiary/aromatic N) is 3. The normalized spacial score (nSPS) is 15.3. The van der Waals surface area contributed by atoms with Crippen LogP contribution in [0.3, 0.4) is 0 Å². The number of anilines is 1. The molecule has 1 aromatic carbocycles. The van der Waals surface area contributed by atoms with E-state index in [9.17, 15) is 0 Å². The molecule has 1 N–H and O–H groups in total. The Morgan fingerprint density at radius 2 is 2.17 bits per heavy atom. The van der Waals surface area contributed by atoms with Crippen molar-refractivity contribution in [1.82, 2.24) is 14.9 Å². The maximum Gasteiger partial charge on any atom is 0.137 e. The van der Waals surface area contributed by atoms with Gasteiger partial charge in [-0.25, -0.2) is 9.97 Å². The van der Waals surface area contributed by atoms with Gasteiger partial charge in [-0.3, -0.25) is 4.90 Å². The number of rotatable bonds is 6. The summed E-state index contributed by atoms with van der Waals surface area (Å²) >= 11 is 0. The highest BCUT2D eigenvalue weighted by Crippen LogP contribution is 2.27. The van der Waals surface area contributed by atoms with Gasteiger partial charge in [0.15, 0.2) is 0 Å². The molecule has 0 atom stereocenters. The van der Waals surface area contributed by atoms with Gasteiger partial charge in [0.25, 0.3) is 0 Å². The maximum atomic E-state index is 5.37. The summed E-state index contributed by atoms with van der Waals surface area (Å²) in [6, 6.07) is 7.93. The van der Waals surface area contributed by atoms with Gasteiger partial charge in [-0.2, -0.15) is 0 Å². The smallest absolute Gasteiger partial charge is 0.137 e. The van der Waals surface area contributed by atoms with Crippen LogP contribution in [-0.4, -0.2) is 61.4 Å². The Kier molecular flexibility index (Phi) is 5.39. The van der Waals surface area contributed by atoms with Gasteiger partial charge in [0.05, 0.1) is 20.3 Å². The molecule has 3 rings (SSSR count). The second kappa shape index (κ2) is 7.89. The highest BCUT2D eigenvalue weighted by molar-refractivity contribution is 5.75. The van der Waals surface area contributed by atoms with Crippen molar-refractivity contribution >= 4 is 5.82 Å². The molecule has 0 spiro atoms. The molecule has 122 valence electrons. The largest absolute Gasteiger partial charge is 0.497 e. The third-order valence-corrected chi connectivity index (χ3v) is 3.92. The molecule has 0 aliphatic carbocycles. The maximum absolute atomic E-state index is 5.37. The summed E-state index contributed by atoms with van der Waals surface area (Å²) in [7, 11) is 1.67. The first-order chi connectivity index (χ1) is 11.4. The lowest BCUT2D eigenvalue weighted by Crippen LogP contribution is -2.39. The van der Waals surface area contributed by atoms with Gasteiger partial charge < -0.3 is 14.8 Å². The Balaban J connectivity index is 1.67. The quantitative estimate of drug-likeness (QED) is 0.879. The summed E-state index contributed by atoms with van der Waals surface area (Å²) in [5.74, 6) is 1.67. The SMILES string of the molecule is COc1cccc(-c2cncnc2NCCN2CCOCC2)c1. The van der Waals surface area contributed by atoms with Crippen LogP contribution >= 0.6 is 0 Å². The van der Waals surface area contributed by atoms with Crippen LogP contribution in [0.1, 0.15) is 0 Å². The van der Waals surface area contributed by atoms with Crippen molar-refractivity contribution < 1.29 is 9.47 Å². The van der Waals surface area contributed by atoms with Gasteiger partial charge in [0.1, 0.15) is 17.9 Å². The predicted molar refractivity (Wildman–Crippen MR) is 89.8 cm³/mol. The lowest BCUT2D eigenvalue weighted by molar-refractivity contribution is 0.0398. The molecule has 6 nitrogen and oxygen atoms in total. The highest BCUT2D eigenvalue weighted by Gasteiger charge is 2.11. The minimum Gasteiger partial charge on any atom is -0.497 e. The van der Waals surface area contributed by atoms with Crippen molar-refractivity contribution in [2.75, 3.05) is 51.8 Å². The summed E-state index contributed by atoms with van der Waals surface area (Å²) in [6.45, 7) is 5.45. The zero-order valence-corrected chi connectivity index (χ0v) is 13.4. The van der Waals surface area contributed by atoms with Crippen molar-refractivity contribution in [3.05, 3.63) is 36.8 Å². The molecule has 6 heteroatoms. The summed E-state index contributed by atoms with van der Waals surface area (Å²) in [4.78, 5) is 10.9. The number of hydrogen-bond acceptors (Lipinski definition) is 6. The standard InChI is InChI=1S/C17H22N4O2/c1-22-15-4-2-3-14(11-15)16-12-18-13-20-17(16)19-5-6-21-7-9-23-10-8-21/h2-4,11-13H,5-10H2,1H3,(H,18,19,20). The summed E-state index contributed by atoms with van der Waals surface area (Å²) < 4.78 is 10.7. The highest BCUT2D eigenvalue weighted by atomic mass is 16.5. The first-order valence-electron chi connectivity index (χ1n) is 7.85. The topological polar surface area (TPSA) is 59.5 Å². The molecule has 2 heterocycles. The summed E-state index contributed by atoms with van der Waals surface area (Å²) in [6.07, 6.45) is 3.40. The molecule has 0 unspecified atom stereocenters. The number of hydrogen-bond donors (Lipinski definition) is 1. The monoisotopic (exact) mass is 314 g/mol. The van der Waals surface area contributed by atoms with Gasteiger partial charge in [-0.1, -0.05) is 12.1 Å². The van der Waals surface area contributed by atoms with Crippen molar-refractivity contribution in [3.8, 4) is 16.9 Å². The zero-order valence-electron chi connectivity index (χ0n) is 13.4. The first-order valence-corrected chi connectivity index (χ1v) is 7.85. The Labute approximate surface area is 136 Å². The molecule has 0 radical (unpaired) electrons. The van der Waals surface area contributed by atoms with Gasteiger partial charge >= 0.3 is 0 Å². The predicted octanol–water partition coefficient (Wildman–Crippen LogP) is 1.90. The van der Waals surface area contributed by atoms with Crippen molar-refractivity contribution in [2.24, 2.45) is 0 Å². The third kappa shape index (κ3) is 4.18. The number of aromatic nitrogens is 2. The van der Waals surface area contributed by atoms with Crippen molar-refractivity contribution in [2.45, 2.75) is 0 Å². The summed E-state index contributed by atoms with van der Waals surface area (Å²) in [5.41, 5.74) is 2.02. The fourth-order valence-electron chi connectivity index (χ4n) is 2.63. The van der Waals surface area contributed by atoms with Crippen molar-refractivity contribution in [3.63, 3.8) is 0 Å². The second-order valence-corrected chi connectivity index (χ2v) is 5.40. The second-order valence-electron chi connectivity index (χ2n) is 5.40. The van der Waals surface area contributed by atoms with Gasteiger partial charge in [0.2, 0.25) is 0 Å². The molecular weight excluding hydrogens is 292 g/mol. The van der Waals surface area contributed by atoms with Crippen LogP contribution in [0, 0.1) is 0 Å². The molecule has 0 saturated carbocycles. The average molecular weight is 314 g/mol. The molecule has 0 amide bonds. The molecular formula is C17H22N4O2. The number of methoxy groups -OCH3 is 1. The molecule has 1 saturated heterocycles. The Morgan fingerprint density at radius 1 is 1.30 bits per heavy atom. The zero-order chi connectivity index (χ0) is 15.9. The minimum absolute atomic E-state index is 0.822. The Hall–Kier alpha value is -2.18. The van der Waals surface area contributed by atoms with Gasteiger partial charge in [-0.05, 0) is 17.7 Å². The fraction of sp³-hybridized carbons (Fsp3) is 0.412. The summed E-state index contributed by atoms with van der Waals surface area (Å²) in [5, 5.41) is 3.42. The van der Waals surface area contributed by atoms with Crippen LogP contribution in [0.25, 0.3) is 11.1 Å². The van der Waals surface area contributed by atoms with E-state index in [1.54, 1.807) is 13.4 Å². The van der Waals surface area contributed by atoms with Crippen LogP contribution in [0.4, 0.5) is 5.82 Å². The van der Waals surface area contributed by atoms with E-state index < -0.39 is 0 Å². The van der Waals surface area contributed by atoms with Crippen LogP contribution in [-0.2, 0) is 4.74 Å². The van der Waals surface area contributed by atoms with Gasteiger partial charge in [-0.15, -0.1) is 0 Å². The van der Waals surface area contributed by atoms with E-state index in [-0.39, 0.29) is 0 Å². The fourth-order valence-corrected chi connectivity index (χ4v) is 2.63. The first kappa shape index (κ1) is 15.7. The number of morpholine rings is 1. The van der Waals surface area contributed by atoms with E-state index in [4.69, 9.17) is 9.47 Å². The average Bonchev–Trinajstić information content (AvgIpc) is 2.63. The molecule has 0 bridgehead atoms. The molecule has 1 aliphatic heterocycles. The van der Waals surface area contributed by atoms with Gasteiger partial charge in [0, 0.05) is 37.9 Å². The van der Waals surface area contributed by atoms with Crippen LogP contribution in [0.2, 0.25) is 0 Å². The minimum atomic E-state index is 0.822. The van der Waals surface area contributed by atoms with E-state index in [0.717, 1.165) is 62.1 Å². The number of benzene rings is 1. The molecule has 1 aliphatic rings. The van der Waals surface area contributed by atoms with Crippen molar-refractivity contribution in [1.29, 1.82) is 0 Å². The van der Waals surface area contributed by atoms with E-state index >= 15 is 0 Å². The van der Waals surface area contributed by atoms with E-state index in [2.05, 4.69) is 20.2 Å². The Morgan fingerprint density at radius 3 is 3.00 bits per heavy atom. The van der Waals surface area contributed by atoms with Crippen LogP contribution in [0.15, 0.2) is 36.8 Å². The molecule has 2 aromatic rings. The van der Waals surface area contributed by atoms with E-state index in [1.807, 2.05) is 30.5 Å². The van der Waals surface area contributed by atoms with Crippen LogP contribution < -0.4 is 10.1 Å². The number of ether oxygens (including phenoxy) is 2. The Bertz CT molecular complexity index is 629. The van der Waals surface area contributed by atoms with E-state index in [1.165, 1.54) is 0 Å². The lowest BCUT2D eigenvalue weighted by Gasteiger charge is -2.26. The third-order valence-electron chi connectivity index (χ3n) is 3.92. The van der Waals surface area contributed by atoms with Crippen LogP contribution in [0.5, 0.6) is 5.75 Å². The van der Waals surface area contributed by atoms with E-state index in [0.29, 0.717) is 0 Å². The molecule has 1 aromatic heterocycles. The lowest BCUT2D eigenvalue weighted by atomic mass is 10.1.